The number of hydrogen-bond acceptors (Lipinski definition) is 2. The average molecular weight is 368 g/mol. The zero-order chi connectivity index (χ0) is 18.4. The zero-order valence-corrected chi connectivity index (χ0v) is 15.1. The molecule has 0 bridgehead atoms. The van der Waals surface area contributed by atoms with Gasteiger partial charge in [-0.3, -0.25) is 4.79 Å². The van der Waals surface area contributed by atoms with Gasteiger partial charge in [0.15, 0.2) is 5.78 Å². The first-order valence-corrected chi connectivity index (χ1v) is 9.11. The first kappa shape index (κ1) is 16.0. The maximum Gasteiger partial charge on any atom is 0.196 e. The summed E-state index contributed by atoms with van der Waals surface area (Å²) in [6.45, 7) is 0. The van der Waals surface area contributed by atoms with Crippen molar-refractivity contribution in [1.29, 1.82) is 0 Å². The Morgan fingerprint density at radius 3 is 2.15 bits per heavy atom. The molecule has 3 aromatic carbocycles. The zero-order valence-electron chi connectivity index (χ0n) is 14.3. The van der Waals surface area contributed by atoms with Crippen molar-refractivity contribution in [3.63, 3.8) is 0 Å². The number of ketones is 1. The van der Waals surface area contributed by atoms with Gasteiger partial charge in [-0.1, -0.05) is 78.3 Å². The fraction of sp³-hybridized carbons (Fsp3) is 0. The summed E-state index contributed by atoms with van der Waals surface area (Å²) in [5.74, 6) is 0.0320. The second-order valence-corrected chi connectivity index (χ2v) is 6.97. The molecular weight excluding hydrogens is 354 g/mol. The average Bonchev–Trinajstić information content (AvgIpc) is 3.01. The van der Waals surface area contributed by atoms with Crippen LogP contribution in [0, 0.1) is 0 Å². The number of nitrogens with zero attached hydrogens (tertiary/aromatic N) is 1. The van der Waals surface area contributed by atoms with Crippen molar-refractivity contribution in [2.45, 2.75) is 0 Å². The van der Waals surface area contributed by atoms with Crippen LogP contribution in [-0.2, 0) is 0 Å². The lowest BCUT2D eigenvalue weighted by Gasteiger charge is -2.11. The molecule has 0 N–H and O–H groups in total. The second-order valence-electron chi connectivity index (χ2n) is 6.53. The van der Waals surface area contributed by atoms with Gasteiger partial charge in [-0.15, -0.1) is 0 Å². The molecule has 0 atom stereocenters. The van der Waals surface area contributed by atoms with E-state index in [2.05, 4.69) is 0 Å². The summed E-state index contributed by atoms with van der Waals surface area (Å²) in [7, 11) is 0. The Morgan fingerprint density at radius 1 is 0.667 bits per heavy atom. The van der Waals surface area contributed by atoms with E-state index in [-0.39, 0.29) is 5.78 Å². The van der Waals surface area contributed by atoms with Gasteiger partial charge in [0.1, 0.15) is 0 Å². The third-order valence-electron chi connectivity index (χ3n) is 4.88. The molecule has 128 valence electrons. The molecule has 0 fully saturated rings. The smallest absolute Gasteiger partial charge is 0.196 e. The highest BCUT2D eigenvalue weighted by molar-refractivity contribution is 6.30. The summed E-state index contributed by atoms with van der Waals surface area (Å²) in [5.41, 5.74) is 6.65. The van der Waals surface area contributed by atoms with Crippen LogP contribution >= 0.6 is 11.6 Å². The number of aromatic nitrogens is 1. The molecule has 0 unspecified atom stereocenters. The van der Waals surface area contributed by atoms with E-state index in [1.165, 1.54) is 0 Å². The van der Waals surface area contributed by atoms with Gasteiger partial charge in [0.05, 0.1) is 17.0 Å². The first-order valence-electron chi connectivity index (χ1n) is 8.73. The van der Waals surface area contributed by atoms with Crippen LogP contribution in [0.1, 0.15) is 15.9 Å². The molecule has 0 amide bonds. The van der Waals surface area contributed by atoms with Crippen molar-refractivity contribution in [2.75, 3.05) is 0 Å². The Labute approximate surface area is 162 Å². The SMILES string of the molecule is O=C1c2ccccc2-c2nc(-c3cccc(Cl)c3)cc(-c3ccccc3)c21. The molecule has 27 heavy (non-hydrogen) atoms. The molecule has 1 aromatic heterocycles. The minimum absolute atomic E-state index is 0.0320. The summed E-state index contributed by atoms with van der Waals surface area (Å²) < 4.78 is 0. The summed E-state index contributed by atoms with van der Waals surface area (Å²) in [4.78, 5) is 18.0. The minimum Gasteiger partial charge on any atom is -0.288 e. The van der Waals surface area contributed by atoms with Gasteiger partial charge in [-0.25, -0.2) is 4.98 Å². The number of carbonyl (C=O) groups is 1. The maximum atomic E-state index is 13.1. The fourth-order valence-electron chi connectivity index (χ4n) is 3.63. The fourth-order valence-corrected chi connectivity index (χ4v) is 3.82. The Kier molecular flexibility index (Phi) is 3.66. The molecule has 3 heteroatoms. The summed E-state index contributed by atoms with van der Waals surface area (Å²) >= 11 is 6.19. The van der Waals surface area contributed by atoms with E-state index in [1.807, 2.05) is 84.9 Å². The van der Waals surface area contributed by atoms with E-state index < -0.39 is 0 Å². The Hall–Kier alpha value is -3.23. The van der Waals surface area contributed by atoms with E-state index in [4.69, 9.17) is 16.6 Å². The number of halogens is 1. The Morgan fingerprint density at radius 2 is 1.37 bits per heavy atom. The van der Waals surface area contributed by atoms with Crippen molar-refractivity contribution >= 4 is 17.4 Å². The molecular formula is C24H14ClNO. The lowest BCUT2D eigenvalue weighted by atomic mass is 9.96. The molecule has 1 aliphatic carbocycles. The molecule has 0 spiro atoms. The van der Waals surface area contributed by atoms with E-state index in [0.29, 0.717) is 16.1 Å². The largest absolute Gasteiger partial charge is 0.288 e. The van der Waals surface area contributed by atoms with Crippen LogP contribution in [0.3, 0.4) is 0 Å². The van der Waals surface area contributed by atoms with E-state index >= 15 is 0 Å². The Balaban J connectivity index is 1.84. The normalized spacial score (nSPS) is 12.0. The standard InChI is InChI=1S/C24H14ClNO/c25-17-10-6-9-16(13-17)21-14-20(15-7-2-1-3-8-15)22-23(26-21)18-11-4-5-12-19(18)24(22)27/h1-14H. The van der Waals surface area contributed by atoms with Crippen LogP contribution in [0.2, 0.25) is 5.02 Å². The van der Waals surface area contributed by atoms with Crippen molar-refractivity contribution in [3.8, 4) is 33.6 Å². The first-order chi connectivity index (χ1) is 13.2. The van der Waals surface area contributed by atoms with Crippen molar-refractivity contribution < 1.29 is 4.79 Å². The number of hydrogen-bond donors (Lipinski definition) is 0. The second kappa shape index (κ2) is 6.19. The van der Waals surface area contributed by atoms with Crippen LogP contribution in [0.15, 0.2) is 84.9 Å². The van der Waals surface area contributed by atoms with Gasteiger partial charge in [-0.05, 0) is 29.3 Å². The monoisotopic (exact) mass is 367 g/mol. The topological polar surface area (TPSA) is 30.0 Å². The minimum atomic E-state index is 0.0320. The van der Waals surface area contributed by atoms with E-state index in [9.17, 15) is 4.79 Å². The summed E-state index contributed by atoms with van der Waals surface area (Å²) in [5, 5.41) is 0.660. The predicted molar refractivity (Wildman–Crippen MR) is 109 cm³/mol. The lowest BCUT2D eigenvalue weighted by Crippen LogP contribution is -2.00. The van der Waals surface area contributed by atoms with Gasteiger partial charge in [0, 0.05) is 21.7 Å². The molecule has 0 aliphatic heterocycles. The van der Waals surface area contributed by atoms with Crippen molar-refractivity contribution in [2.24, 2.45) is 0 Å². The van der Waals surface area contributed by atoms with Crippen LogP contribution in [0.5, 0.6) is 0 Å². The summed E-state index contributed by atoms with van der Waals surface area (Å²) in [6, 6.07) is 27.3. The quantitative estimate of drug-likeness (QED) is 0.367. The highest BCUT2D eigenvalue weighted by Crippen LogP contribution is 2.42. The number of pyridine rings is 1. The molecule has 0 saturated heterocycles. The van der Waals surface area contributed by atoms with Crippen LogP contribution < -0.4 is 0 Å². The van der Waals surface area contributed by atoms with Crippen molar-refractivity contribution in [3.05, 3.63) is 101 Å². The number of carbonyl (C=O) groups excluding carboxylic acids is 1. The molecule has 0 saturated carbocycles. The molecule has 1 heterocycles. The third-order valence-corrected chi connectivity index (χ3v) is 5.11. The highest BCUT2D eigenvalue weighted by atomic mass is 35.5. The van der Waals surface area contributed by atoms with Crippen LogP contribution in [0.4, 0.5) is 0 Å². The number of rotatable bonds is 2. The third kappa shape index (κ3) is 2.57. The van der Waals surface area contributed by atoms with Gasteiger partial charge in [0.25, 0.3) is 0 Å². The van der Waals surface area contributed by atoms with Gasteiger partial charge in [-0.2, -0.15) is 0 Å². The van der Waals surface area contributed by atoms with E-state index in [1.54, 1.807) is 0 Å². The lowest BCUT2D eigenvalue weighted by molar-refractivity contribution is 0.104. The predicted octanol–water partition coefficient (Wildman–Crippen LogP) is 6.28. The molecule has 4 aromatic rings. The molecule has 2 nitrogen and oxygen atoms in total. The number of benzene rings is 3. The van der Waals surface area contributed by atoms with Crippen molar-refractivity contribution in [1.82, 2.24) is 4.98 Å². The summed E-state index contributed by atoms with van der Waals surface area (Å²) in [6.07, 6.45) is 0. The Bertz CT molecular complexity index is 1200. The van der Waals surface area contributed by atoms with Crippen LogP contribution in [-0.4, -0.2) is 10.8 Å². The van der Waals surface area contributed by atoms with Crippen LogP contribution in [0.25, 0.3) is 33.6 Å². The van der Waals surface area contributed by atoms with Gasteiger partial charge in [0.2, 0.25) is 0 Å². The molecule has 5 rings (SSSR count). The highest BCUT2D eigenvalue weighted by Gasteiger charge is 2.31. The van der Waals surface area contributed by atoms with Gasteiger partial charge < -0.3 is 0 Å². The maximum absolute atomic E-state index is 13.1. The molecule has 0 radical (unpaired) electrons. The van der Waals surface area contributed by atoms with E-state index in [0.717, 1.165) is 33.6 Å². The molecule has 1 aliphatic rings. The van der Waals surface area contributed by atoms with Gasteiger partial charge >= 0.3 is 0 Å². The number of fused-ring (bicyclic) bond motifs is 3.